The summed E-state index contributed by atoms with van der Waals surface area (Å²) in [6, 6.07) is 6.64. The van der Waals surface area contributed by atoms with Crippen molar-refractivity contribution in [3.8, 4) is 0 Å². The number of benzene rings is 1. The maximum atomic E-state index is 12.1. The zero-order valence-corrected chi connectivity index (χ0v) is 12.2. The number of carbonyl (C=O) groups is 3. The fraction of sp³-hybridized carbons (Fsp3) is 0.286. The molecule has 0 unspecified atom stereocenters. The fourth-order valence-electron chi connectivity index (χ4n) is 2.35. The average molecular weight is 314 g/mol. The van der Waals surface area contributed by atoms with Crippen LogP contribution in [-0.2, 0) is 11.2 Å². The van der Waals surface area contributed by atoms with E-state index >= 15 is 0 Å². The van der Waals surface area contributed by atoms with Gasteiger partial charge in [0, 0.05) is 25.9 Å². The molecule has 23 heavy (non-hydrogen) atoms. The van der Waals surface area contributed by atoms with E-state index < -0.39 is 0 Å². The standard InChI is InChI=1S/C14H14N6O3/c21-12(15-7-5-11-16-18-19-17-11)6-8-20-13(22)9-3-1-2-4-10(9)14(20)23/h1-4H,5-8H2,(H,15,21)(H,16,17,18,19). The number of hydrogen-bond donors (Lipinski definition) is 2. The Hall–Kier alpha value is -3.10. The summed E-state index contributed by atoms with van der Waals surface area (Å²) in [5.41, 5.74) is 0.769. The van der Waals surface area contributed by atoms with Crippen LogP contribution >= 0.6 is 0 Å². The lowest BCUT2D eigenvalue weighted by atomic mass is 10.1. The number of nitrogens with one attached hydrogen (secondary N) is 2. The van der Waals surface area contributed by atoms with Crippen molar-refractivity contribution in [2.75, 3.05) is 13.1 Å². The van der Waals surface area contributed by atoms with Crippen LogP contribution in [0.5, 0.6) is 0 Å². The van der Waals surface area contributed by atoms with Crippen LogP contribution in [0.1, 0.15) is 33.0 Å². The fourth-order valence-corrected chi connectivity index (χ4v) is 2.35. The quantitative estimate of drug-likeness (QED) is 0.696. The number of aromatic nitrogens is 4. The van der Waals surface area contributed by atoms with E-state index in [4.69, 9.17) is 0 Å². The largest absolute Gasteiger partial charge is 0.356 e. The van der Waals surface area contributed by atoms with Gasteiger partial charge in [-0.2, -0.15) is 5.21 Å². The van der Waals surface area contributed by atoms with E-state index in [0.717, 1.165) is 4.90 Å². The van der Waals surface area contributed by atoms with E-state index in [1.54, 1.807) is 24.3 Å². The number of aromatic amines is 1. The van der Waals surface area contributed by atoms with E-state index in [9.17, 15) is 14.4 Å². The number of amides is 3. The Morgan fingerprint density at radius 3 is 2.48 bits per heavy atom. The Kier molecular flexibility index (Phi) is 4.09. The molecule has 3 amide bonds. The minimum atomic E-state index is -0.356. The van der Waals surface area contributed by atoms with Crippen LogP contribution < -0.4 is 5.32 Å². The lowest BCUT2D eigenvalue weighted by molar-refractivity contribution is -0.121. The van der Waals surface area contributed by atoms with Gasteiger partial charge in [0.1, 0.15) is 0 Å². The molecule has 0 saturated carbocycles. The molecule has 2 N–H and O–H groups in total. The van der Waals surface area contributed by atoms with Gasteiger partial charge in [0.2, 0.25) is 5.91 Å². The molecule has 9 heteroatoms. The summed E-state index contributed by atoms with van der Waals surface area (Å²) in [5, 5.41) is 16.0. The van der Waals surface area contributed by atoms with Crippen molar-refractivity contribution < 1.29 is 14.4 Å². The van der Waals surface area contributed by atoms with Crippen molar-refractivity contribution in [3.63, 3.8) is 0 Å². The second kappa shape index (κ2) is 6.34. The van der Waals surface area contributed by atoms with Crippen LogP contribution in [0.2, 0.25) is 0 Å². The number of rotatable bonds is 6. The van der Waals surface area contributed by atoms with Crippen molar-refractivity contribution in [1.82, 2.24) is 30.8 Å². The lowest BCUT2D eigenvalue weighted by Crippen LogP contribution is -2.35. The second-order valence-electron chi connectivity index (χ2n) is 4.99. The Morgan fingerprint density at radius 1 is 1.17 bits per heavy atom. The van der Waals surface area contributed by atoms with Gasteiger partial charge in [-0.05, 0) is 12.1 Å². The van der Waals surface area contributed by atoms with Crippen LogP contribution in [0.15, 0.2) is 24.3 Å². The summed E-state index contributed by atoms with van der Waals surface area (Å²) < 4.78 is 0. The van der Waals surface area contributed by atoms with Crippen LogP contribution in [0.3, 0.4) is 0 Å². The molecular weight excluding hydrogens is 300 g/mol. The molecule has 0 saturated heterocycles. The van der Waals surface area contributed by atoms with E-state index in [2.05, 4.69) is 25.9 Å². The summed E-state index contributed by atoms with van der Waals surface area (Å²) >= 11 is 0. The van der Waals surface area contributed by atoms with Gasteiger partial charge in [0.15, 0.2) is 5.82 Å². The Balaban J connectivity index is 1.48. The van der Waals surface area contributed by atoms with Crippen molar-refractivity contribution in [1.29, 1.82) is 0 Å². The second-order valence-corrected chi connectivity index (χ2v) is 4.99. The molecule has 1 aliphatic heterocycles. The highest BCUT2D eigenvalue weighted by Gasteiger charge is 2.34. The predicted octanol–water partition coefficient (Wildman–Crippen LogP) is -0.455. The smallest absolute Gasteiger partial charge is 0.261 e. The van der Waals surface area contributed by atoms with Crippen molar-refractivity contribution >= 4 is 17.7 Å². The highest BCUT2D eigenvalue weighted by atomic mass is 16.2. The first-order chi connectivity index (χ1) is 11.2. The van der Waals surface area contributed by atoms with E-state index in [1.165, 1.54) is 0 Å². The molecule has 0 radical (unpaired) electrons. The molecule has 0 spiro atoms. The average Bonchev–Trinajstić information content (AvgIpc) is 3.15. The molecule has 1 aromatic carbocycles. The maximum Gasteiger partial charge on any atom is 0.261 e. The third-order valence-corrected chi connectivity index (χ3v) is 3.50. The van der Waals surface area contributed by atoms with Crippen molar-refractivity contribution in [2.45, 2.75) is 12.8 Å². The Bertz CT molecular complexity index is 708. The van der Waals surface area contributed by atoms with E-state index in [1.807, 2.05) is 0 Å². The maximum absolute atomic E-state index is 12.1. The minimum absolute atomic E-state index is 0.0533. The summed E-state index contributed by atoms with van der Waals surface area (Å²) in [4.78, 5) is 37.2. The Morgan fingerprint density at radius 2 is 1.87 bits per heavy atom. The van der Waals surface area contributed by atoms with Crippen LogP contribution in [-0.4, -0.2) is 56.3 Å². The predicted molar refractivity (Wildman–Crippen MR) is 77.3 cm³/mol. The molecular formula is C14H14N6O3. The summed E-state index contributed by atoms with van der Waals surface area (Å²) in [6.07, 6.45) is 0.507. The monoisotopic (exact) mass is 314 g/mol. The number of tetrazole rings is 1. The lowest BCUT2D eigenvalue weighted by Gasteiger charge is -2.13. The van der Waals surface area contributed by atoms with Gasteiger partial charge >= 0.3 is 0 Å². The topological polar surface area (TPSA) is 121 Å². The third-order valence-electron chi connectivity index (χ3n) is 3.50. The number of fused-ring (bicyclic) bond motifs is 1. The molecule has 2 aromatic rings. The molecule has 1 aromatic heterocycles. The molecule has 0 fully saturated rings. The summed E-state index contributed by atoms with van der Waals surface area (Å²) in [6.45, 7) is 0.418. The molecule has 9 nitrogen and oxygen atoms in total. The number of imide groups is 1. The highest BCUT2D eigenvalue weighted by Crippen LogP contribution is 2.22. The van der Waals surface area contributed by atoms with E-state index in [-0.39, 0.29) is 30.7 Å². The van der Waals surface area contributed by atoms with Gasteiger partial charge < -0.3 is 5.32 Å². The van der Waals surface area contributed by atoms with Gasteiger partial charge in [0.25, 0.3) is 11.8 Å². The molecule has 0 aliphatic carbocycles. The van der Waals surface area contributed by atoms with Crippen LogP contribution in [0, 0.1) is 0 Å². The number of nitrogens with zero attached hydrogens (tertiary/aromatic N) is 4. The minimum Gasteiger partial charge on any atom is -0.356 e. The zero-order valence-electron chi connectivity index (χ0n) is 12.2. The molecule has 1 aliphatic rings. The normalized spacial score (nSPS) is 13.3. The van der Waals surface area contributed by atoms with E-state index in [0.29, 0.717) is 29.9 Å². The Labute approximate surface area is 131 Å². The zero-order chi connectivity index (χ0) is 16.2. The molecule has 0 bridgehead atoms. The van der Waals surface area contributed by atoms with Gasteiger partial charge in [-0.25, -0.2) is 0 Å². The molecule has 118 valence electrons. The van der Waals surface area contributed by atoms with Gasteiger partial charge in [-0.1, -0.05) is 17.3 Å². The van der Waals surface area contributed by atoms with Crippen LogP contribution in [0.4, 0.5) is 0 Å². The number of hydrogen-bond acceptors (Lipinski definition) is 6. The van der Waals surface area contributed by atoms with Crippen LogP contribution in [0.25, 0.3) is 0 Å². The first-order valence-electron chi connectivity index (χ1n) is 7.11. The third kappa shape index (κ3) is 3.07. The van der Waals surface area contributed by atoms with Gasteiger partial charge in [0.05, 0.1) is 11.1 Å². The van der Waals surface area contributed by atoms with Gasteiger partial charge in [-0.3, -0.25) is 19.3 Å². The summed E-state index contributed by atoms with van der Waals surface area (Å²) in [7, 11) is 0. The highest BCUT2D eigenvalue weighted by molar-refractivity contribution is 6.21. The molecule has 3 rings (SSSR count). The SMILES string of the molecule is O=C(CCN1C(=O)c2ccccc2C1=O)NCCc1nn[nH]n1. The number of H-pyrrole nitrogens is 1. The first-order valence-corrected chi connectivity index (χ1v) is 7.11. The molecule has 2 heterocycles. The van der Waals surface area contributed by atoms with Crippen molar-refractivity contribution in [2.24, 2.45) is 0 Å². The molecule has 0 atom stereocenters. The number of carbonyl (C=O) groups excluding carboxylic acids is 3. The van der Waals surface area contributed by atoms with Gasteiger partial charge in [-0.15, -0.1) is 10.2 Å². The first kappa shape index (κ1) is 14.8. The summed E-state index contributed by atoms with van der Waals surface area (Å²) in [5.74, 6) is -0.453. The van der Waals surface area contributed by atoms with Crippen molar-refractivity contribution in [3.05, 3.63) is 41.2 Å².